The first kappa shape index (κ1) is 21.0. The number of thiazole rings is 1. The molecule has 2 aromatic carbocycles. The number of rotatable bonds is 5. The summed E-state index contributed by atoms with van der Waals surface area (Å²) in [5, 5.41) is 0. The topological polar surface area (TPSA) is 87.0 Å². The summed E-state index contributed by atoms with van der Waals surface area (Å²) < 4.78 is 37.6. The highest BCUT2D eigenvalue weighted by molar-refractivity contribution is 7.98. The predicted octanol–water partition coefficient (Wildman–Crippen LogP) is 2.98. The molecule has 0 N–H and O–H groups in total. The summed E-state index contributed by atoms with van der Waals surface area (Å²) in [6.45, 7) is 1.71. The third-order valence-corrected chi connectivity index (χ3v) is 7.35. The number of hydrogen-bond acceptors (Lipinski definition) is 7. The number of amides is 1. The van der Waals surface area contributed by atoms with Crippen LogP contribution in [0.5, 0.6) is 11.5 Å². The summed E-state index contributed by atoms with van der Waals surface area (Å²) in [5.74, 6) is 1.83. The molecule has 0 saturated heterocycles. The molecule has 0 unspecified atom stereocenters. The lowest BCUT2D eigenvalue weighted by molar-refractivity contribution is 0.0997. The summed E-state index contributed by atoms with van der Waals surface area (Å²) in [4.78, 5) is 17.8. The van der Waals surface area contributed by atoms with Crippen molar-refractivity contribution in [2.75, 3.05) is 31.5 Å². The van der Waals surface area contributed by atoms with E-state index in [1.54, 1.807) is 11.8 Å². The Kier molecular flexibility index (Phi) is 5.90. The third-order valence-electron chi connectivity index (χ3n) is 4.59. The fourth-order valence-corrected chi connectivity index (χ4v) is 5.15. The summed E-state index contributed by atoms with van der Waals surface area (Å²) in [6, 6.07) is 9.69. The van der Waals surface area contributed by atoms with Crippen molar-refractivity contribution in [3.63, 3.8) is 0 Å². The highest BCUT2D eigenvalue weighted by Gasteiger charge is 2.17. The summed E-state index contributed by atoms with van der Waals surface area (Å²) in [6.07, 6.45) is 3.16. The standard InChI is InChI=1S/C20H20N2O5S3/c1-28-10-7-22-15-11-16-17(27-9-8-26-16)12-18(15)29-20(22)21-19(23)13-3-5-14(6-4-13)30(2,24)25/h3-6,11-12H,7-10H2,1-2H3. The zero-order valence-electron chi connectivity index (χ0n) is 16.5. The number of aryl methyl sites for hydroxylation is 1. The first-order valence-corrected chi connectivity index (χ1v) is 13.3. The molecule has 10 heteroatoms. The smallest absolute Gasteiger partial charge is 0.279 e. The van der Waals surface area contributed by atoms with Crippen molar-refractivity contribution in [3.8, 4) is 11.5 Å². The summed E-state index contributed by atoms with van der Waals surface area (Å²) >= 11 is 3.12. The van der Waals surface area contributed by atoms with Crippen LogP contribution in [0.4, 0.5) is 0 Å². The molecule has 0 spiro atoms. The van der Waals surface area contributed by atoms with Gasteiger partial charge in [-0.1, -0.05) is 11.3 Å². The quantitative estimate of drug-likeness (QED) is 0.577. The van der Waals surface area contributed by atoms with E-state index in [4.69, 9.17) is 9.47 Å². The first-order valence-electron chi connectivity index (χ1n) is 9.18. The van der Waals surface area contributed by atoms with Crippen molar-refractivity contribution >= 4 is 49.1 Å². The van der Waals surface area contributed by atoms with Crippen LogP contribution < -0.4 is 14.3 Å². The Morgan fingerprint density at radius 3 is 2.47 bits per heavy atom. The van der Waals surface area contributed by atoms with Crippen LogP contribution in [-0.4, -0.2) is 50.4 Å². The van der Waals surface area contributed by atoms with E-state index >= 15 is 0 Å². The molecule has 0 fully saturated rings. The van der Waals surface area contributed by atoms with Gasteiger partial charge in [-0.25, -0.2) is 8.42 Å². The van der Waals surface area contributed by atoms with Gasteiger partial charge in [-0.3, -0.25) is 4.79 Å². The maximum Gasteiger partial charge on any atom is 0.279 e. The van der Waals surface area contributed by atoms with Crippen molar-refractivity contribution in [1.29, 1.82) is 0 Å². The van der Waals surface area contributed by atoms with Gasteiger partial charge in [-0.2, -0.15) is 16.8 Å². The number of thioether (sulfide) groups is 1. The van der Waals surface area contributed by atoms with Crippen LogP contribution >= 0.6 is 23.1 Å². The summed E-state index contributed by atoms with van der Waals surface area (Å²) in [5.41, 5.74) is 1.28. The van der Waals surface area contributed by atoms with E-state index in [9.17, 15) is 13.2 Å². The van der Waals surface area contributed by atoms with Gasteiger partial charge in [0.1, 0.15) is 13.2 Å². The molecule has 3 aromatic rings. The number of fused-ring (bicyclic) bond motifs is 2. The predicted molar refractivity (Wildman–Crippen MR) is 119 cm³/mol. The van der Waals surface area contributed by atoms with E-state index in [1.807, 2.05) is 23.0 Å². The molecule has 1 aliphatic rings. The largest absolute Gasteiger partial charge is 0.486 e. The number of carbonyl (C=O) groups excluding carboxylic acids is 1. The van der Waals surface area contributed by atoms with Gasteiger partial charge in [-0.05, 0) is 30.5 Å². The van der Waals surface area contributed by atoms with Crippen LogP contribution in [0.25, 0.3) is 10.2 Å². The fraction of sp³-hybridized carbons (Fsp3) is 0.300. The highest BCUT2D eigenvalue weighted by Crippen LogP contribution is 2.35. The van der Waals surface area contributed by atoms with Gasteiger partial charge in [0.15, 0.2) is 26.1 Å². The minimum atomic E-state index is -3.32. The van der Waals surface area contributed by atoms with Gasteiger partial charge in [0.2, 0.25) is 0 Å². The van der Waals surface area contributed by atoms with Gasteiger partial charge in [0, 0.05) is 36.2 Å². The molecule has 0 atom stereocenters. The van der Waals surface area contributed by atoms with Crippen LogP contribution in [0.1, 0.15) is 10.4 Å². The molecule has 0 radical (unpaired) electrons. The number of nitrogens with zero attached hydrogens (tertiary/aromatic N) is 2. The van der Waals surface area contributed by atoms with E-state index in [2.05, 4.69) is 4.99 Å². The Balaban J connectivity index is 1.78. The average Bonchev–Trinajstić information content (AvgIpc) is 3.05. The second kappa shape index (κ2) is 8.44. The molecule has 158 valence electrons. The number of hydrogen-bond donors (Lipinski definition) is 0. The molecule has 0 aliphatic carbocycles. The Labute approximate surface area is 182 Å². The first-order chi connectivity index (χ1) is 14.4. The van der Waals surface area contributed by atoms with E-state index in [1.165, 1.54) is 35.6 Å². The molecular formula is C20H20N2O5S3. The lowest BCUT2D eigenvalue weighted by atomic mass is 10.2. The molecule has 2 heterocycles. The second-order valence-electron chi connectivity index (χ2n) is 6.71. The SMILES string of the molecule is CSCCn1c(=NC(=O)c2ccc(S(C)(=O)=O)cc2)sc2cc3c(cc21)OCCO3. The van der Waals surface area contributed by atoms with Crippen LogP contribution in [0.15, 0.2) is 46.3 Å². The van der Waals surface area contributed by atoms with Gasteiger partial charge >= 0.3 is 0 Å². The molecule has 1 aliphatic heterocycles. The number of carbonyl (C=O) groups is 1. The average molecular weight is 465 g/mol. The molecule has 4 rings (SSSR count). The lowest BCUT2D eigenvalue weighted by Crippen LogP contribution is -2.18. The molecule has 1 amide bonds. The monoisotopic (exact) mass is 464 g/mol. The van der Waals surface area contributed by atoms with E-state index in [0.717, 1.165) is 22.2 Å². The third kappa shape index (κ3) is 4.26. The highest BCUT2D eigenvalue weighted by atomic mass is 32.2. The van der Waals surface area contributed by atoms with Crippen LogP contribution in [0.2, 0.25) is 0 Å². The number of ether oxygens (including phenoxy) is 2. The maximum absolute atomic E-state index is 12.8. The van der Waals surface area contributed by atoms with Crippen LogP contribution in [0, 0.1) is 0 Å². The Morgan fingerprint density at radius 2 is 1.83 bits per heavy atom. The van der Waals surface area contributed by atoms with Gasteiger partial charge in [0.05, 0.1) is 15.1 Å². The lowest BCUT2D eigenvalue weighted by Gasteiger charge is -2.18. The summed E-state index contributed by atoms with van der Waals surface area (Å²) in [7, 11) is -3.32. The number of sulfone groups is 1. The number of aromatic nitrogens is 1. The van der Waals surface area contributed by atoms with Gasteiger partial charge in [-0.15, -0.1) is 0 Å². The zero-order valence-corrected chi connectivity index (χ0v) is 18.9. The van der Waals surface area contributed by atoms with E-state index in [0.29, 0.717) is 41.6 Å². The second-order valence-corrected chi connectivity index (χ2v) is 10.7. The minimum Gasteiger partial charge on any atom is -0.486 e. The Bertz CT molecular complexity index is 1270. The molecule has 30 heavy (non-hydrogen) atoms. The molecule has 7 nitrogen and oxygen atoms in total. The van der Waals surface area contributed by atoms with Crippen LogP contribution in [-0.2, 0) is 16.4 Å². The fourth-order valence-electron chi connectivity index (χ4n) is 3.09. The van der Waals surface area contributed by atoms with Crippen molar-refractivity contribution in [3.05, 3.63) is 46.8 Å². The molecule has 0 bridgehead atoms. The number of benzene rings is 2. The van der Waals surface area contributed by atoms with Crippen molar-refractivity contribution < 1.29 is 22.7 Å². The van der Waals surface area contributed by atoms with Gasteiger partial charge in [0.25, 0.3) is 5.91 Å². The van der Waals surface area contributed by atoms with Crippen molar-refractivity contribution in [1.82, 2.24) is 4.57 Å². The maximum atomic E-state index is 12.8. The molecule has 0 saturated carbocycles. The van der Waals surface area contributed by atoms with E-state index < -0.39 is 15.7 Å². The Morgan fingerprint density at radius 1 is 1.17 bits per heavy atom. The van der Waals surface area contributed by atoms with Crippen LogP contribution in [0.3, 0.4) is 0 Å². The molecular weight excluding hydrogens is 444 g/mol. The Hall–Kier alpha value is -2.30. The van der Waals surface area contributed by atoms with Gasteiger partial charge < -0.3 is 14.0 Å². The molecule has 1 aromatic heterocycles. The van der Waals surface area contributed by atoms with E-state index in [-0.39, 0.29) is 4.90 Å². The normalized spacial score (nSPS) is 14.3. The van der Waals surface area contributed by atoms with Crippen molar-refractivity contribution in [2.24, 2.45) is 4.99 Å². The van der Waals surface area contributed by atoms with Crippen molar-refractivity contribution in [2.45, 2.75) is 11.4 Å². The zero-order chi connectivity index (χ0) is 21.3. The minimum absolute atomic E-state index is 0.168.